The molecule has 0 aliphatic heterocycles. The van der Waals surface area contributed by atoms with E-state index in [4.69, 9.17) is 21.1 Å². The Labute approximate surface area is 232 Å². The summed E-state index contributed by atoms with van der Waals surface area (Å²) in [6, 6.07) is 28.9. The number of carbonyl (C=O) groups excluding carboxylic acids is 2. The zero-order valence-corrected chi connectivity index (χ0v) is 22.4. The van der Waals surface area contributed by atoms with Crippen molar-refractivity contribution in [2.45, 2.75) is 20.0 Å². The predicted octanol–water partition coefficient (Wildman–Crippen LogP) is 6.26. The van der Waals surface area contributed by atoms with E-state index >= 15 is 0 Å². The molecule has 0 aliphatic rings. The van der Waals surface area contributed by atoms with Crippen molar-refractivity contribution < 1.29 is 19.1 Å². The number of ether oxygens (including phenoxy) is 2. The predicted molar refractivity (Wildman–Crippen MR) is 154 cm³/mol. The zero-order chi connectivity index (χ0) is 27.6. The van der Waals surface area contributed by atoms with Gasteiger partial charge in [0.05, 0.1) is 19.2 Å². The van der Waals surface area contributed by atoms with Crippen molar-refractivity contribution >= 4 is 34.8 Å². The Kier molecular flexibility index (Phi) is 9.32. The second kappa shape index (κ2) is 13.3. The van der Waals surface area contributed by atoms with E-state index in [9.17, 15) is 9.59 Å². The van der Waals surface area contributed by atoms with E-state index in [-0.39, 0.29) is 18.2 Å². The van der Waals surface area contributed by atoms with Crippen LogP contribution in [0.1, 0.15) is 34.0 Å². The third-order valence-electron chi connectivity index (χ3n) is 5.90. The Balaban J connectivity index is 1.27. The van der Waals surface area contributed by atoms with Crippen molar-refractivity contribution in [2.24, 2.45) is 5.10 Å². The number of benzene rings is 4. The molecule has 39 heavy (non-hydrogen) atoms. The van der Waals surface area contributed by atoms with Gasteiger partial charge in [0.1, 0.15) is 18.1 Å². The number of nitrogens with one attached hydrogen (secondary N) is 2. The van der Waals surface area contributed by atoms with Gasteiger partial charge in [-0.3, -0.25) is 9.59 Å². The maximum atomic E-state index is 12.6. The van der Waals surface area contributed by atoms with Gasteiger partial charge in [-0.25, -0.2) is 5.43 Å². The first-order valence-electron chi connectivity index (χ1n) is 12.3. The third kappa shape index (κ3) is 7.93. The first kappa shape index (κ1) is 27.4. The van der Waals surface area contributed by atoms with Gasteiger partial charge in [-0.05, 0) is 84.8 Å². The lowest BCUT2D eigenvalue weighted by Gasteiger charge is -2.09. The fraction of sp³-hybridized carbons (Fsp3) is 0.129. The topological polar surface area (TPSA) is 89.0 Å². The van der Waals surface area contributed by atoms with E-state index in [2.05, 4.69) is 15.8 Å². The van der Waals surface area contributed by atoms with E-state index in [1.807, 2.05) is 72.8 Å². The van der Waals surface area contributed by atoms with Gasteiger partial charge in [-0.2, -0.15) is 5.10 Å². The molecule has 0 heterocycles. The summed E-state index contributed by atoms with van der Waals surface area (Å²) in [5.41, 5.74) is 6.86. The maximum absolute atomic E-state index is 12.6. The van der Waals surface area contributed by atoms with Gasteiger partial charge in [-0.1, -0.05) is 41.9 Å². The average molecular weight is 542 g/mol. The number of rotatable bonds is 10. The molecular weight excluding hydrogens is 514 g/mol. The molecule has 0 unspecified atom stereocenters. The number of methoxy groups -OCH3 is 1. The van der Waals surface area contributed by atoms with Crippen LogP contribution in [0.3, 0.4) is 0 Å². The summed E-state index contributed by atoms with van der Waals surface area (Å²) >= 11 is 6.17. The van der Waals surface area contributed by atoms with Crippen LogP contribution in [0.4, 0.5) is 5.69 Å². The van der Waals surface area contributed by atoms with Crippen LogP contribution >= 0.6 is 11.6 Å². The summed E-state index contributed by atoms with van der Waals surface area (Å²) < 4.78 is 10.9. The quantitative estimate of drug-likeness (QED) is 0.183. The van der Waals surface area contributed by atoms with E-state index in [1.165, 1.54) is 0 Å². The lowest BCUT2D eigenvalue weighted by molar-refractivity contribution is -0.115. The minimum Gasteiger partial charge on any atom is -0.497 e. The van der Waals surface area contributed by atoms with E-state index < -0.39 is 0 Å². The fourth-order valence-electron chi connectivity index (χ4n) is 3.67. The van der Waals surface area contributed by atoms with Gasteiger partial charge in [0.2, 0.25) is 5.91 Å². The lowest BCUT2D eigenvalue weighted by atomic mass is 10.1. The fourth-order valence-corrected chi connectivity index (χ4v) is 3.86. The molecule has 0 aliphatic carbocycles. The SMILES string of the molecule is COc1ccc(CC(=O)Nc2ccc(C(=O)N/N=C(/C)c3ccc(OCc4ccccc4Cl)cc3)cc2)cc1. The summed E-state index contributed by atoms with van der Waals surface area (Å²) in [7, 11) is 1.60. The summed E-state index contributed by atoms with van der Waals surface area (Å²) in [5.74, 6) is 0.926. The number of hydrogen-bond donors (Lipinski definition) is 2. The molecule has 4 rings (SSSR count). The highest BCUT2D eigenvalue weighted by Gasteiger charge is 2.08. The number of anilines is 1. The Hall–Kier alpha value is -4.62. The zero-order valence-electron chi connectivity index (χ0n) is 21.6. The number of carbonyl (C=O) groups is 2. The first-order chi connectivity index (χ1) is 18.9. The standard InChI is InChI=1S/C31H28ClN3O4/c1-21(23-11-17-28(18-12-23)39-20-25-5-3-4-6-29(25)32)34-35-31(37)24-9-13-26(14-10-24)33-30(36)19-22-7-15-27(38-2)16-8-22/h3-18H,19-20H2,1-2H3,(H,33,36)(H,35,37)/b34-21-. The number of hydrogen-bond acceptors (Lipinski definition) is 5. The first-order valence-corrected chi connectivity index (χ1v) is 12.6. The van der Waals surface area contributed by atoms with Crippen LogP contribution in [0.15, 0.2) is 102 Å². The molecular formula is C31H28ClN3O4. The summed E-state index contributed by atoms with van der Waals surface area (Å²) in [4.78, 5) is 24.9. The van der Waals surface area contributed by atoms with Crippen LogP contribution in [0.25, 0.3) is 0 Å². The van der Waals surface area contributed by atoms with Gasteiger partial charge in [-0.15, -0.1) is 0 Å². The Morgan fingerprint density at radius 1 is 0.821 bits per heavy atom. The lowest BCUT2D eigenvalue weighted by Crippen LogP contribution is -2.19. The van der Waals surface area contributed by atoms with Crippen molar-refractivity contribution in [1.29, 1.82) is 0 Å². The van der Waals surface area contributed by atoms with E-state index in [1.54, 1.807) is 38.3 Å². The Bertz CT molecular complexity index is 1450. The van der Waals surface area contributed by atoms with Crippen molar-refractivity contribution in [3.63, 3.8) is 0 Å². The van der Waals surface area contributed by atoms with Crippen LogP contribution < -0.4 is 20.2 Å². The van der Waals surface area contributed by atoms with Gasteiger partial charge in [0.25, 0.3) is 5.91 Å². The normalized spacial score (nSPS) is 11.0. The average Bonchev–Trinajstić information content (AvgIpc) is 2.96. The van der Waals surface area contributed by atoms with Gasteiger partial charge in [0, 0.05) is 21.8 Å². The molecule has 4 aromatic rings. The smallest absolute Gasteiger partial charge is 0.271 e. The second-order valence-electron chi connectivity index (χ2n) is 8.69. The van der Waals surface area contributed by atoms with Gasteiger partial charge < -0.3 is 14.8 Å². The molecule has 2 N–H and O–H groups in total. The summed E-state index contributed by atoms with van der Waals surface area (Å²) in [6.45, 7) is 2.18. The molecule has 0 saturated carbocycles. The molecule has 0 aromatic heterocycles. The van der Waals surface area contributed by atoms with Crippen LogP contribution in [0.5, 0.6) is 11.5 Å². The Morgan fingerprint density at radius 2 is 1.46 bits per heavy atom. The van der Waals surface area contributed by atoms with Crippen molar-refractivity contribution in [1.82, 2.24) is 5.43 Å². The molecule has 8 heteroatoms. The van der Waals surface area contributed by atoms with E-state index in [0.717, 1.165) is 22.4 Å². The summed E-state index contributed by atoms with van der Waals surface area (Å²) in [6.07, 6.45) is 0.231. The third-order valence-corrected chi connectivity index (χ3v) is 6.27. The molecule has 4 aromatic carbocycles. The van der Waals surface area contributed by atoms with Crippen molar-refractivity contribution in [3.05, 3.63) is 124 Å². The monoisotopic (exact) mass is 541 g/mol. The molecule has 0 bridgehead atoms. The molecule has 2 amide bonds. The van der Waals surface area contributed by atoms with Gasteiger partial charge >= 0.3 is 0 Å². The molecule has 0 atom stereocenters. The maximum Gasteiger partial charge on any atom is 0.271 e. The molecule has 0 radical (unpaired) electrons. The molecule has 0 spiro atoms. The van der Waals surface area contributed by atoms with Crippen molar-refractivity contribution in [2.75, 3.05) is 12.4 Å². The number of hydrazone groups is 1. The molecule has 7 nitrogen and oxygen atoms in total. The Morgan fingerprint density at radius 3 is 2.13 bits per heavy atom. The highest BCUT2D eigenvalue weighted by Crippen LogP contribution is 2.19. The highest BCUT2D eigenvalue weighted by molar-refractivity contribution is 6.31. The van der Waals surface area contributed by atoms with Crippen LogP contribution in [-0.2, 0) is 17.8 Å². The minimum absolute atomic E-state index is 0.155. The van der Waals surface area contributed by atoms with Crippen LogP contribution in [0.2, 0.25) is 5.02 Å². The van der Waals surface area contributed by atoms with Crippen LogP contribution in [0, 0.1) is 0 Å². The summed E-state index contributed by atoms with van der Waals surface area (Å²) in [5, 5.41) is 7.72. The number of amides is 2. The molecule has 0 fully saturated rings. The number of halogens is 1. The second-order valence-corrected chi connectivity index (χ2v) is 9.10. The molecule has 0 saturated heterocycles. The highest BCUT2D eigenvalue weighted by atomic mass is 35.5. The van der Waals surface area contributed by atoms with Gasteiger partial charge in [0.15, 0.2) is 0 Å². The van der Waals surface area contributed by atoms with Crippen molar-refractivity contribution in [3.8, 4) is 11.5 Å². The van der Waals surface area contributed by atoms with Crippen LogP contribution in [-0.4, -0.2) is 24.6 Å². The number of nitrogens with zero attached hydrogens (tertiary/aromatic N) is 1. The van der Waals surface area contributed by atoms with E-state index in [0.29, 0.717) is 34.3 Å². The minimum atomic E-state index is -0.356. The largest absolute Gasteiger partial charge is 0.497 e. The molecule has 198 valence electrons.